The zero-order valence-electron chi connectivity index (χ0n) is 14.6. The van der Waals surface area contributed by atoms with E-state index in [1.165, 1.54) is 17.4 Å². The van der Waals surface area contributed by atoms with Crippen molar-refractivity contribution < 1.29 is 13.6 Å². The Labute approximate surface area is 167 Å². The summed E-state index contributed by atoms with van der Waals surface area (Å²) in [6.07, 6.45) is 3.12. The number of hydrogen-bond acceptors (Lipinski definition) is 5. The van der Waals surface area contributed by atoms with Gasteiger partial charge in [-0.05, 0) is 36.6 Å². The van der Waals surface area contributed by atoms with Crippen molar-refractivity contribution in [3.8, 4) is 10.7 Å². The predicted octanol–water partition coefficient (Wildman–Crippen LogP) is 5.58. The van der Waals surface area contributed by atoms with Crippen LogP contribution >= 0.6 is 22.7 Å². The number of halogens is 2. The predicted molar refractivity (Wildman–Crippen MR) is 109 cm³/mol. The number of anilines is 1. The van der Waals surface area contributed by atoms with Gasteiger partial charge in [0.1, 0.15) is 0 Å². The first-order valence-electron chi connectivity index (χ1n) is 8.28. The van der Waals surface area contributed by atoms with Crippen LogP contribution in [0.3, 0.4) is 0 Å². The van der Waals surface area contributed by atoms with Crippen molar-refractivity contribution in [2.45, 2.75) is 13.5 Å². The summed E-state index contributed by atoms with van der Waals surface area (Å²) in [6.45, 7) is -1.03. The summed E-state index contributed by atoms with van der Waals surface area (Å²) >= 11 is 2.64. The minimum Gasteiger partial charge on any atom is -0.298 e. The molecule has 3 aromatic heterocycles. The van der Waals surface area contributed by atoms with Gasteiger partial charge in [-0.25, -0.2) is 9.97 Å². The van der Waals surface area contributed by atoms with Crippen LogP contribution in [-0.4, -0.2) is 20.4 Å². The van der Waals surface area contributed by atoms with Gasteiger partial charge >= 0.3 is 6.55 Å². The first-order chi connectivity index (χ1) is 13.5. The lowest BCUT2D eigenvalue weighted by atomic mass is 10.3. The lowest BCUT2D eigenvalue weighted by molar-refractivity contribution is -0.111. The molecule has 28 heavy (non-hydrogen) atoms. The maximum Gasteiger partial charge on any atom is 0.320 e. The number of aromatic nitrogens is 3. The molecule has 9 heteroatoms. The number of nitrogens with zero attached hydrogens (tertiary/aromatic N) is 3. The summed E-state index contributed by atoms with van der Waals surface area (Å²) in [4.78, 5) is 22.2. The Morgan fingerprint density at radius 1 is 1.21 bits per heavy atom. The monoisotopic (exact) mass is 416 g/mol. The van der Waals surface area contributed by atoms with Gasteiger partial charge in [0.2, 0.25) is 5.91 Å². The van der Waals surface area contributed by atoms with Gasteiger partial charge < -0.3 is 0 Å². The van der Waals surface area contributed by atoms with E-state index in [4.69, 9.17) is 0 Å². The molecule has 4 rings (SSSR count). The number of carbonyl (C=O) groups is 1. The van der Waals surface area contributed by atoms with Crippen LogP contribution in [0.4, 0.5) is 13.9 Å². The second-order valence-electron chi connectivity index (χ2n) is 5.84. The van der Waals surface area contributed by atoms with Gasteiger partial charge in [-0.15, -0.1) is 11.3 Å². The molecular weight excluding hydrogens is 402 g/mol. The smallest absolute Gasteiger partial charge is 0.298 e. The Kier molecular flexibility index (Phi) is 5.01. The third kappa shape index (κ3) is 3.58. The second-order valence-corrected chi connectivity index (χ2v) is 7.82. The number of thiophene rings is 1. The SMILES string of the molecule is Cc1nc(NC(=O)/C=C/c2cccs2)sc1-c1nc2ccccc2n1C(F)F. The standard InChI is InChI=1S/C19H14F2N4OS2/c1-11-16(17-23-13-6-2-3-7-14(13)25(17)18(20)21)28-19(22-11)24-15(26)9-8-12-5-4-10-27-12/h2-10,18H,1H3,(H,22,24,26)/b9-8+. The summed E-state index contributed by atoms with van der Waals surface area (Å²) in [5.74, 6) is -0.197. The first kappa shape index (κ1) is 18.5. The fourth-order valence-electron chi connectivity index (χ4n) is 2.75. The number of carbonyl (C=O) groups excluding carboxylic acids is 1. The number of alkyl halides is 2. The number of hydrogen-bond donors (Lipinski definition) is 1. The van der Waals surface area contributed by atoms with Crippen LogP contribution in [0.5, 0.6) is 0 Å². The highest BCUT2D eigenvalue weighted by Crippen LogP contribution is 2.36. The Morgan fingerprint density at radius 3 is 2.79 bits per heavy atom. The highest BCUT2D eigenvalue weighted by atomic mass is 32.1. The maximum atomic E-state index is 13.7. The van der Waals surface area contributed by atoms with Crippen LogP contribution < -0.4 is 5.32 Å². The maximum absolute atomic E-state index is 13.7. The molecule has 0 aliphatic heterocycles. The quantitative estimate of drug-likeness (QED) is 0.432. The number of para-hydroxylation sites is 2. The fraction of sp³-hybridized carbons (Fsp3) is 0.105. The largest absolute Gasteiger partial charge is 0.320 e. The summed E-state index contributed by atoms with van der Waals surface area (Å²) in [6, 6.07) is 10.5. The second kappa shape index (κ2) is 7.61. The lowest BCUT2D eigenvalue weighted by Gasteiger charge is -2.06. The van der Waals surface area contributed by atoms with E-state index in [2.05, 4.69) is 15.3 Å². The Hall–Kier alpha value is -2.91. The van der Waals surface area contributed by atoms with Crippen molar-refractivity contribution in [1.29, 1.82) is 0 Å². The minimum atomic E-state index is -2.74. The van der Waals surface area contributed by atoms with Gasteiger partial charge in [0.25, 0.3) is 0 Å². The highest BCUT2D eigenvalue weighted by Gasteiger charge is 2.22. The molecule has 1 aromatic carbocycles. The van der Waals surface area contributed by atoms with Crippen molar-refractivity contribution in [2.24, 2.45) is 0 Å². The topological polar surface area (TPSA) is 59.8 Å². The number of rotatable bonds is 5. The molecule has 0 radical (unpaired) electrons. The molecule has 0 spiro atoms. The van der Waals surface area contributed by atoms with Crippen LogP contribution in [-0.2, 0) is 4.79 Å². The molecule has 0 unspecified atom stereocenters. The van der Waals surface area contributed by atoms with Crippen molar-refractivity contribution in [2.75, 3.05) is 5.32 Å². The summed E-state index contributed by atoms with van der Waals surface area (Å²) in [7, 11) is 0. The van der Waals surface area contributed by atoms with Gasteiger partial charge in [0.05, 0.1) is 21.6 Å². The molecule has 142 valence electrons. The van der Waals surface area contributed by atoms with Gasteiger partial charge in [0, 0.05) is 11.0 Å². The van der Waals surface area contributed by atoms with Crippen LogP contribution in [0.2, 0.25) is 0 Å². The molecular formula is C19H14F2N4OS2. The number of thiazole rings is 1. The first-order valence-corrected chi connectivity index (χ1v) is 9.98. The highest BCUT2D eigenvalue weighted by molar-refractivity contribution is 7.19. The third-order valence-electron chi connectivity index (χ3n) is 3.96. The number of benzene rings is 1. The van der Waals surface area contributed by atoms with Crippen LogP contribution in [0.25, 0.3) is 27.8 Å². The molecule has 0 aliphatic rings. The Bertz CT molecular complexity index is 1160. The molecule has 0 saturated heterocycles. The molecule has 1 amide bonds. The van der Waals surface area contributed by atoms with E-state index >= 15 is 0 Å². The summed E-state index contributed by atoms with van der Waals surface area (Å²) in [5.41, 5.74) is 1.36. The molecule has 0 bridgehead atoms. The Morgan fingerprint density at radius 2 is 2.04 bits per heavy atom. The van der Waals surface area contributed by atoms with E-state index in [9.17, 15) is 13.6 Å². The van der Waals surface area contributed by atoms with Crippen LogP contribution in [0.15, 0.2) is 47.9 Å². The molecule has 0 aliphatic carbocycles. The molecule has 4 aromatic rings. The Balaban J connectivity index is 1.64. The van der Waals surface area contributed by atoms with E-state index in [0.717, 1.165) is 20.8 Å². The molecule has 1 N–H and O–H groups in total. The number of aryl methyl sites for hydroxylation is 1. The minimum absolute atomic E-state index is 0.140. The van der Waals surface area contributed by atoms with Gasteiger partial charge in [-0.1, -0.05) is 29.5 Å². The number of fused-ring (bicyclic) bond motifs is 1. The number of imidazole rings is 1. The van der Waals surface area contributed by atoms with Crippen molar-refractivity contribution in [3.05, 3.63) is 58.4 Å². The average molecular weight is 416 g/mol. The average Bonchev–Trinajstić information content (AvgIpc) is 3.37. The summed E-state index contributed by atoms with van der Waals surface area (Å²) in [5, 5.41) is 4.93. The number of amides is 1. The van der Waals surface area contributed by atoms with Crippen LogP contribution in [0.1, 0.15) is 17.1 Å². The van der Waals surface area contributed by atoms with Crippen LogP contribution in [0, 0.1) is 6.92 Å². The molecule has 0 saturated carbocycles. The third-order valence-corrected chi connectivity index (χ3v) is 5.87. The van der Waals surface area contributed by atoms with E-state index in [1.807, 2.05) is 17.5 Å². The van der Waals surface area contributed by atoms with E-state index in [0.29, 0.717) is 26.7 Å². The lowest BCUT2D eigenvalue weighted by Crippen LogP contribution is -2.07. The zero-order chi connectivity index (χ0) is 19.7. The zero-order valence-corrected chi connectivity index (χ0v) is 16.2. The molecule has 5 nitrogen and oxygen atoms in total. The van der Waals surface area contributed by atoms with Crippen molar-refractivity contribution in [3.63, 3.8) is 0 Å². The van der Waals surface area contributed by atoms with E-state index < -0.39 is 6.55 Å². The molecule has 0 fully saturated rings. The van der Waals surface area contributed by atoms with E-state index in [1.54, 1.807) is 37.3 Å². The molecule has 0 atom stereocenters. The van der Waals surface area contributed by atoms with Gasteiger partial charge in [-0.3, -0.25) is 14.7 Å². The van der Waals surface area contributed by atoms with Gasteiger partial charge in [-0.2, -0.15) is 8.78 Å². The van der Waals surface area contributed by atoms with E-state index in [-0.39, 0.29) is 11.7 Å². The fourth-order valence-corrected chi connectivity index (χ4v) is 4.32. The summed E-state index contributed by atoms with van der Waals surface area (Å²) < 4.78 is 28.3. The molecule has 3 heterocycles. The number of nitrogens with one attached hydrogen (secondary N) is 1. The van der Waals surface area contributed by atoms with Gasteiger partial charge in [0.15, 0.2) is 11.0 Å². The normalized spacial score (nSPS) is 11.7. The van der Waals surface area contributed by atoms with Crippen molar-refractivity contribution in [1.82, 2.24) is 14.5 Å². The van der Waals surface area contributed by atoms with Crippen molar-refractivity contribution >= 4 is 50.8 Å².